The lowest BCUT2D eigenvalue weighted by Crippen LogP contribution is -2.39. The van der Waals surface area contributed by atoms with Crippen molar-refractivity contribution in [1.29, 1.82) is 0 Å². The Balaban J connectivity index is 1.77. The van der Waals surface area contributed by atoms with Gasteiger partial charge in [0.25, 0.3) is 5.56 Å². The van der Waals surface area contributed by atoms with E-state index in [4.69, 9.17) is 4.98 Å². The smallest absolute Gasteiger partial charge is 0.332 e. The van der Waals surface area contributed by atoms with Crippen molar-refractivity contribution in [1.82, 2.24) is 18.7 Å². The normalized spacial score (nSPS) is 11.3. The molecule has 1 N–H and O–H groups in total. The molecule has 7 nitrogen and oxygen atoms in total. The van der Waals surface area contributed by atoms with Crippen molar-refractivity contribution in [3.05, 3.63) is 111 Å². The van der Waals surface area contributed by atoms with E-state index in [1.807, 2.05) is 71.3 Å². The van der Waals surface area contributed by atoms with Gasteiger partial charge in [-0.1, -0.05) is 78.9 Å². The lowest BCUT2D eigenvalue weighted by atomic mass is 10.0. The van der Waals surface area contributed by atoms with Gasteiger partial charge in [0.1, 0.15) is 5.82 Å². The van der Waals surface area contributed by atoms with Gasteiger partial charge in [-0.15, -0.1) is 0 Å². The standard InChI is InChI=1S/C28H26N4O3/c1-30-26-24(27(34)31(28(30)35)16-9-17-33)32(19-20-10-4-2-5-11-20)25(29-26)23-15-8-14-22(18-23)21-12-6-3-7-13-21/h2-8,10-15,18,33H,9,16-17,19H2,1H3. The predicted octanol–water partition coefficient (Wildman–Crippen LogP) is 3.66. The number of imidazole rings is 1. The minimum absolute atomic E-state index is 0.103. The number of aromatic nitrogens is 4. The average Bonchev–Trinajstić information content (AvgIpc) is 3.28. The molecule has 0 bridgehead atoms. The Morgan fingerprint density at radius 3 is 2.17 bits per heavy atom. The van der Waals surface area contributed by atoms with Gasteiger partial charge in [-0.2, -0.15) is 0 Å². The van der Waals surface area contributed by atoms with Crippen molar-refractivity contribution in [2.45, 2.75) is 19.5 Å². The zero-order valence-electron chi connectivity index (χ0n) is 19.5. The van der Waals surface area contributed by atoms with E-state index >= 15 is 0 Å². The molecule has 0 atom stereocenters. The summed E-state index contributed by atoms with van der Waals surface area (Å²) in [6.45, 7) is 0.470. The summed E-state index contributed by atoms with van der Waals surface area (Å²) < 4.78 is 4.50. The van der Waals surface area contributed by atoms with Crippen LogP contribution < -0.4 is 11.2 Å². The first-order chi connectivity index (χ1) is 17.1. The van der Waals surface area contributed by atoms with E-state index in [1.54, 1.807) is 7.05 Å². The summed E-state index contributed by atoms with van der Waals surface area (Å²) in [5, 5.41) is 9.27. The number of benzene rings is 3. The second-order valence-corrected chi connectivity index (χ2v) is 8.50. The van der Waals surface area contributed by atoms with Crippen molar-refractivity contribution in [2.24, 2.45) is 7.05 Å². The van der Waals surface area contributed by atoms with Crippen LogP contribution in [-0.4, -0.2) is 30.4 Å². The minimum Gasteiger partial charge on any atom is -0.396 e. The van der Waals surface area contributed by atoms with Crippen LogP contribution in [0.2, 0.25) is 0 Å². The highest BCUT2D eigenvalue weighted by molar-refractivity contribution is 5.79. The molecule has 176 valence electrons. The first-order valence-corrected chi connectivity index (χ1v) is 11.6. The van der Waals surface area contributed by atoms with Crippen molar-refractivity contribution in [3.63, 3.8) is 0 Å². The zero-order valence-corrected chi connectivity index (χ0v) is 19.5. The van der Waals surface area contributed by atoms with E-state index in [9.17, 15) is 14.7 Å². The summed E-state index contributed by atoms with van der Waals surface area (Å²) in [5.41, 5.74) is 3.87. The summed E-state index contributed by atoms with van der Waals surface area (Å²) >= 11 is 0. The third kappa shape index (κ3) is 4.22. The molecule has 7 heteroatoms. The second-order valence-electron chi connectivity index (χ2n) is 8.50. The monoisotopic (exact) mass is 466 g/mol. The summed E-state index contributed by atoms with van der Waals surface area (Å²) in [7, 11) is 1.63. The fourth-order valence-corrected chi connectivity index (χ4v) is 4.41. The van der Waals surface area contributed by atoms with Crippen LogP contribution in [0.4, 0.5) is 0 Å². The molecule has 5 aromatic rings. The Bertz CT molecular complexity index is 1600. The lowest BCUT2D eigenvalue weighted by molar-refractivity contribution is 0.277. The molecular weight excluding hydrogens is 440 g/mol. The predicted molar refractivity (Wildman–Crippen MR) is 137 cm³/mol. The molecule has 0 fully saturated rings. The number of nitrogens with zero attached hydrogens (tertiary/aromatic N) is 4. The van der Waals surface area contributed by atoms with Gasteiger partial charge in [0.05, 0.1) is 0 Å². The van der Waals surface area contributed by atoms with Crippen LogP contribution >= 0.6 is 0 Å². The molecule has 0 aliphatic rings. The lowest BCUT2D eigenvalue weighted by Gasteiger charge is -2.12. The van der Waals surface area contributed by atoms with E-state index in [-0.39, 0.29) is 13.2 Å². The Morgan fingerprint density at radius 1 is 0.800 bits per heavy atom. The van der Waals surface area contributed by atoms with Gasteiger partial charge in [0.2, 0.25) is 0 Å². The molecule has 0 saturated carbocycles. The average molecular weight is 467 g/mol. The number of aliphatic hydroxyl groups is 1. The van der Waals surface area contributed by atoms with E-state index in [1.165, 1.54) is 9.13 Å². The van der Waals surface area contributed by atoms with Crippen LogP contribution in [0.1, 0.15) is 12.0 Å². The molecule has 2 aromatic heterocycles. The van der Waals surface area contributed by atoms with Crippen LogP contribution in [0.3, 0.4) is 0 Å². The fraction of sp³-hybridized carbons (Fsp3) is 0.179. The highest BCUT2D eigenvalue weighted by atomic mass is 16.3. The molecule has 0 radical (unpaired) electrons. The second kappa shape index (κ2) is 9.56. The third-order valence-electron chi connectivity index (χ3n) is 6.18. The number of rotatable bonds is 7. The number of aliphatic hydroxyl groups excluding tert-OH is 1. The number of hydrogen-bond acceptors (Lipinski definition) is 4. The molecule has 0 aliphatic heterocycles. The van der Waals surface area contributed by atoms with Crippen LogP contribution in [0.25, 0.3) is 33.7 Å². The highest BCUT2D eigenvalue weighted by Crippen LogP contribution is 2.28. The van der Waals surface area contributed by atoms with Gasteiger partial charge in [0.15, 0.2) is 11.2 Å². The first kappa shape index (κ1) is 22.6. The maximum Gasteiger partial charge on any atom is 0.332 e. The Labute approximate surface area is 202 Å². The molecule has 2 heterocycles. The number of aryl methyl sites for hydroxylation is 1. The Hall–Kier alpha value is -4.23. The topological polar surface area (TPSA) is 82.0 Å². The summed E-state index contributed by atoms with van der Waals surface area (Å²) in [6.07, 6.45) is 0.319. The van der Waals surface area contributed by atoms with E-state index in [2.05, 4.69) is 18.2 Å². The van der Waals surface area contributed by atoms with Crippen LogP contribution in [0, 0.1) is 0 Å². The van der Waals surface area contributed by atoms with E-state index in [0.717, 1.165) is 22.3 Å². The first-order valence-electron chi connectivity index (χ1n) is 11.6. The van der Waals surface area contributed by atoms with Crippen molar-refractivity contribution in [3.8, 4) is 22.5 Å². The third-order valence-corrected chi connectivity index (χ3v) is 6.18. The van der Waals surface area contributed by atoms with Crippen LogP contribution in [0.15, 0.2) is 94.5 Å². The van der Waals surface area contributed by atoms with Crippen molar-refractivity contribution < 1.29 is 5.11 Å². The van der Waals surface area contributed by atoms with Crippen LogP contribution in [0.5, 0.6) is 0 Å². The number of hydrogen-bond donors (Lipinski definition) is 1. The Kier molecular flexibility index (Phi) is 6.16. The van der Waals surface area contributed by atoms with Crippen molar-refractivity contribution in [2.75, 3.05) is 6.61 Å². The number of fused-ring (bicyclic) bond motifs is 1. The molecule has 5 rings (SSSR count). The minimum atomic E-state index is -0.440. The summed E-state index contributed by atoms with van der Waals surface area (Å²) in [6, 6.07) is 28.0. The van der Waals surface area contributed by atoms with Gasteiger partial charge in [-0.3, -0.25) is 13.9 Å². The highest BCUT2D eigenvalue weighted by Gasteiger charge is 2.21. The molecule has 0 spiro atoms. The Morgan fingerprint density at radius 2 is 1.46 bits per heavy atom. The summed E-state index contributed by atoms with van der Waals surface area (Å²) in [5.74, 6) is 0.619. The SMILES string of the molecule is Cn1c(=O)n(CCCO)c(=O)c2c1nc(-c1cccc(-c3ccccc3)c1)n2Cc1ccccc1. The maximum atomic E-state index is 13.6. The molecule has 0 unspecified atom stereocenters. The van der Waals surface area contributed by atoms with Crippen molar-refractivity contribution >= 4 is 11.2 Å². The zero-order chi connectivity index (χ0) is 24.4. The van der Waals surface area contributed by atoms with Gasteiger partial charge in [-0.05, 0) is 29.2 Å². The summed E-state index contributed by atoms with van der Waals surface area (Å²) in [4.78, 5) is 31.3. The molecular formula is C28H26N4O3. The van der Waals surface area contributed by atoms with Crippen LogP contribution in [-0.2, 0) is 20.1 Å². The maximum absolute atomic E-state index is 13.6. The van der Waals surface area contributed by atoms with Gasteiger partial charge >= 0.3 is 5.69 Å². The quantitative estimate of drug-likeness (QED) is 0.397. The van der Waals surface area contributed by atoms with Gasteiger partial charge in [0, 0.05) is 32.3 Å². The molecule has 0 amide bonds. The molecule has 0 aliphatic carbocycles. The van der Waals surface area contributed by atoms with E-state index in [0.29, 0.717) is 30.0 Å². The fourth-order valence-electron chi connectivity index (χ4n) is 4.41. The van der Waals surface area contributed by atoms with Gasteiger partial charge < -0.3 is 9.67 Å². The molecule has 35 heavy (non-hydrogen) atoms. The molecule has 3 aromatic carbocycles. The molecule has 0 saturated heterocycles. The van der Waals surface area contributed by atoms with E-state index < -0.39 is 11.2 Å². The van der Waals surface area contributed by atoms with Gasteiger partial charge in [-0.25, -0.2) is 9.78 Å². The largest absolute Gasteiger partial charge is 0.396 e.